The molecule has 10 heteroatoms. The molecule has 2 rings (SSSR count). The fourth-order valence-corrected chi connectivity index (χ4v) is 4.54. The lowest BCUT2D eigenvalue weighted by atomic mass is 9.58. The van der Waals surface area contributed by atoms with Crippen molar-refractivity contribution < 1.29 is 48.3 Å². The van der Waals surface area contributed by atoms with Gasteiger partial charge in [-0.05, 0) is 0 Å². The average Bonchev–Trinajstić information content (AvgIpc) is 2.94. The Morgan fingerprint density at radius 1 is 0.679 bits per heavy atom. The third-order valence-electron chi connectivity index (χ3n) is 5.98. The number of methoxy groups -OCH3 is 4. The molecule has 10 nitrogen and oxygen atoms in total. The van der Waals surface area contributed by atoms with Gasteiger partial charge >= 0.3 is 23.9 Å². The van der Waals surface area contributed by atoms with Crippen molar-refractivity contribution in [1.82, 2.24) is 0 Å². The van der Waals surface area contributed by atoms with Gasteiger partial charge in [0.25, 0.3) is 0 Å². The van der Waals surface area contributed by atoms with Gasteiger partial charge < -0.3 is 29.2 Å². The molecule has 0 saturated heterocycles. The summed E-state index contributed by atoms with van der Waals surface area (Å²) in [6, 6.07) is 0. The molecule has 2 aliphatic carbocycles. The van der Waals surface area contributed by atoms with Crippen LogP contribution in [0.15, 0.2) is 22.7 Å². The molecule has 0 aromatic rings. The van der Waals surface area contributed by atoms with Crippen molar-refractivity contribution in [2.75, 3.05) is 28.4 Å². The SMILES string of the molecule is COC(=O)C1=C(O)[C@@H](C(=O)OC)[C@@]2(C)C(C(=O)OC)=C(O)[C@H](C(=O)OC)[C@]12C. The number of ether oxygens (including phenoxy) is 4. The lowest BCUT2D eigenvalue weighted by molar-refractivity contribution is -0.157. The fraction of sp³-hybridized carbons (Fsp3) is 0.556. The van der Waals surface area contributed by atoms with E-state index < -0.39 is 69.2 Å². The molecule has 0 aromatic carbocycles. The Bertz CT molecular complexity index is 754. The number of hydrogen-bond acceptors (Lipinski definition) is 10. The molecule has 0 radical (unpaired) electrons. The fourth-order valence-electron chi connectivity index (χ4n) is 4.54. The van der Waals surface area contributed by atoms with Gasteiger partial charge in [-0.1, -0.05) is 13.8 Å². The minimum absolute atomic E-state index is 0.436. The Kier molecular flexibility index (Phi) is 5.20. The van der Waals surface area contributed by atoms with Gasteiger partial charge in [-0.15, -0.1) is 0 Å². The summed E-state index contributed by atoms with van der Waals surface area (Å²) in [6.07, 6.45) is 0. The molecule has 0 heterocycles. The summed E-state index contributed by atoms with van der Waals surface area (Å²) in [7, 11) is 4.21. The quantitative estimate of drug-likeness (QED) is 0.509. The number of fused-ring (bicyclic) bond motifs is 1. The van der Waals surface area contributed by atoms with E-state index in [0.717, 1.165) is 28.4 Å². The molecular formula is C18H22O10. The topological polar surface area (TPSA) is 146 Å². The zero-order chi connectivity index (χ0) is 21.6. The maximum atomic E-state index is 12.5. The molecule has 0 aliphatic heterocycles. The largest absolute Gasteiger partial charge is 0.511 e. The van der Waals surface area contributed by atoms with Gasteiger partial charge in [-0.3, -0.25) is 9.59 Å². The lowest BCUT2D eigenvalue weighted by Crippen LogP contribution is -2.48. The predicted molar refractivity (Wildman–Crippen MR) is 90.6 cm³/mol. The van der Waals surface area contributed by atoms with Crippen molar-refractivity contribution in [3.8, 4) is 0 Å². The van der Waals surface area contributed by atoms with E-state index in [0.29, 0.717) is 0 Å². The summed E-state index contributed by atoms with van der Waals surface area (Å²) in [5, 5.41) is 21.6. The van der Waals surface area contributed by atoms with Gasteiger partial charge in [-0.2, -0.15) is 0 Å². The van der Waals surface area contributed by atoms with Crippen LogP contribution in [0, 0.1) is 22.7 Å². The van der Waals surface area contributed by atoms with Crippen molar-refractivity contribution in [3.63, 3.8) is 0 Å². The summed E-state index contributed by atoms with van der Waals surface area (Å²) in [6.45, 7) is 2.71. The van der Waals surface area contributed by atoms with Gasteiger partial charge in [0.05, 0.1) is 39.6 Å². The monoisotopic (exact) mass is 398 g/mol. The van der Waals surface area contributed by atoms with Crippen LogP contribution in [-0.4, -0.2) is 62.5 Å². The van der Waals surface area contributed by atoms with Crippen LogP contribution in [0.4, 0.5) is 0 Å². The van der Waals surface area contributed by atoms with E-state index in [2.05, 4.69) is 0 Å². The van der Waals surface area contributed by atoms with Crippen LogP contribution >= 0.6 is 0 Å². The van der Waals surface area contributed by atoms with Crippen molar-refractivity contribution in [1.29, 1.82) is 0 Å². The Morgan fingerprint density at radius 2 is 0.964 bits per heavy atom. The van der Waals surface area contributed by atoms with Crippen LogP contribution in [-0.2, 0) is 38.1 Å². The Balaban J connectivity index is 2.98. The molecular weight excluding hydrogens is 376 g/mol. The Hall–Kier alpha value is -3.04. The molecule has 0 bridgehead atoms. The van der Waals surface area contributed by atoms with E-state index in [-0.39, 0.29) is 0 Å². The summed E-state index contributed by atoms with van der Waals surface area (Å²) in [5.74, 6) is -8.63. The van der Waals surface area contributed by atoms with E-state index in [1.807, 2.05) is 0 Å². The molecule has 0 unspecified atom stereocenters. The number of carbonyl (C=O) groups excluding carboxylic acids is 4. The number of esters is 4. The first-order chi connectivity index (χ1) is 13.0. The molecule has 2 aliphatic rings. The van der Waals surface area contributed by atoms with E-state index in [1.165, 1.54) is 13.8 Å². The summed E-state index contributed by atoms with van der Waals surface area (Å²) in [4.78, 5) is 50.1. The summed E-state index contributed by atoms with van der Waals surface area (Å²) >= 11 is 0. The lowest BCUT2D eigenvalue weighted by Gasteiger charge is -2.41. The van der Waals surface area contributed by atoms with Gasteiger partial charge in [-0.25, -0.2) is 9.59 Å². The van der Waals surface area contributed by atoms with Crippen LogP contribution in [0.5, 0.6) is 0 Å². The second kappa shape index (κ2) is 6.84. The van der Waals surface area contributed by atoms with Crippen LogP contribution in [0.3, 0.4) is 0 Å². The first kappa shape index (κ1) is 21.3. The predicted octanol–water partition coefficient (Wildman–Crippen LogP) is 0.575. The van der Waals surface area contributed by atoms with Gasteiger partial charge in [0.15, 0.2) is 0 Å². The van der Waals surface area contributed by atoms with E-state index in [9.17, 15) is 29.4 Å². The van der Waals surface area contributed by atoms with E-state index >= 15 is 0 Å². The van der Waals surface area contributed by atoms with E-state index in [4.69, 9.17) is 18.9 Å². The van der Waals surface area contributed by atoms with Crippen molar-refractivity contribution in [2.45, 2.75) is 13.8 Å². The molecule has 0 aromatic heterocycles. The summed E-state index contributed by atoms with van der Waals surface area (Å²) in [5.41, 5.74) is -4.42. The first-order valence-electron chi connectivity index (χ1n) is 8.20. The Morgan fingerprint density at radius 3 is 1.18 bits per heavy atom. The van der Waals surface area contributed by atoms with Crippen molar-refractivity contribution >= 4 is 23.9 Å². The number of hydrogen-bond donors (Lipinski definition) is 2. The highest BCUT2D eigenvalue weighted by Gasteiger charge is 2.76. The number of aliphatic hydroxyl groups excluding tert-OH is 2. The minimum atomic E-state index is -1.77. The Labute approximate surface area is 160 Å². The average molecular weight is 398 g/mol. The highest BCUT2D eigenvalue weighted by molar-refractivity contribution is 6.02. The zero-order valence-corrected chi connectivity index (χ0v) is 16.3. The molecule has 0 amide bonds. The van der Waals surface area contributed by atoms with Crippen molar-refractivity contribution in [2.24, 2.45) is 22.7 Å². The van der Waals surface area contributed by atoms with Gasteiger partial charge in [0, 0.05) is 10.8 Å². The van der Waals surface area contributed by atoms with Crippen LogP contribution in [0.1, 0.15) is 13.8 Å². The minimum Gasteiger partial charge on any atom is -0.511 e. The molecule has 154 valence electrons. The molecule has 0 fully saturated rings. The molecule has 0 saturated carbocycles. The molecule has 4 atom stereocenters. The maximum Gasteiger partial charge on any atom is 0.337 e. The third kappa shape index (κ3) is 2.26. The number of carbonyl (C=O) groups is 4. The second-order valence-corrected chi connectivity index (χ2v) is 6.82. The maximum absolute atomic E-state index is 12.5. The molecule has 0 spiro atoms. The van der Waals surface area contributed by atoms with Gasteiger partial charge in [0.1, 0.15) is 23.4 Å². The van der Waals surface area contributed by atoms with Crippen LogP contribution < -0.4 is 0 Å². The second-order valence-electron chi connectivity index (χ2n) is 6.82. The van der Waals surface area contributed by atoms with Crippen LogP contribution in [0.2, 0.25) is 0 Å². The van der Waals surface area contributed by atoms with Crippen molar-refractivity contribution in [3.05, 3.63) is 22.7 Å². The number of rotatable bonds is 4. The third-order valence-corrected chi connectivity index (χ3v) is 5.98. The highest BCUT2D eigenvalue weighted by atomic mass is 16.5. The standard InChI is InChI=1S/C18H22O10/c1-17-7(13(21)25-3)11(19)9(15(23)27-5)18(17,2)10(16(24)28-6)12(20)8(17)14(22)26-4/h7,10,19-20H,1-6H3/t7-,10+,17-,18-. The smallest absolute Gasteiger partial charge is 0.337 e. The van der Waals surface area contributed by atoms with Gasteiger partial charge in [0.2, 0.25) is 0 Å². The molecule has 2 N–H and O–H groups in total. The number of aliphatic hydroxyl groups is 2. The first-order valence-corrected chi connectivity index (χ1v) is 8.20. The zero-order valence-electron chi connectivity index (χ0n) is 16.3. The normalized spacial score (nSPS) is 31.4. The highest BCUT2D eigenvalue weighted by Crippen LogP contribution is 2.71. The van der Waals surface area contributed by atoms with Crippen LogP contribution in [0.25, 0.3) is 0 Å². The summed E-state index contributed by atoms with van der Waals surface area (Å²) < 4.78 is 18.9. The van der Waals surface area contributed by atoms with E-state index in [1.54, 1.807) is 0 Å². The molecule has 28 heavy (non-hydrogen) atoms.